The molecule has 0 heterocycles. The minimum Gasteiger partial charge on any atom is -0.299 e. The van der Waals surface area contributed by atoms with Gasteiger partial charge in [-0.3, -0.25) is 4.79 Å². The standard InChI is InChI=1S/C18H36O.C17H36/c1-9-12-17(6,7)13-10-11-16(19)18(8,14(2)3)15(4)5;1-9-11-16(6,7)12-10-13-17(8,14(2)3)15(4)5/h14-15H,9-13H2,1-8H3;14-15H,9-13H2,1-8H3. The van der Waals surface area contributed by atoms with Gasteiger partial charge in [-0.05, 0) is 78.4 Å². The number of Topliss-reactive ketones (excluding diaryl/α,β-unsaturated/α-hetero) is 1. The van der Waals surface area contributed by atoms with Gasteiger partial charge in [0.1, 0.15) is 5.78 Å². The SMILES string of the molecule is CCCC(C)(C)CCCC(=O)C(C)(C(C)C)C(C)C.CCCC(C)(C)CCCC(C)(C(C)C)C(C)C. The zero-order valence-electron chi connectivity index (χ0n) is 28.3. The molecule has 0 fully saturated rings. The third-order valence-corrected chi connectivity index (χ3v) is 10.3. The summed E-state index contributed by atoms with van der Waals surface area (Å²) in [5, 5.41) is 0. The molecule has 0 amide bonds. The van der Waals surface area contributed by atoms with Gasteiger partial charge in [0.2, 0.25) is 0 Å². The fourth-order valence-electron chi connectivity index (χ4n) is 6.10. The van der Waals surface area contributed by atoms with Gasteiger partial charge in [-0.25, -0.2) is 0 Å². The van der Waals surface area contributed by atoms with Crippen molar-refractivity contribution in [2.45, 2.75) is 175 Å². The number of carbonyl (C=O) groups excluding carboxylic acids is 1. The summed E-state index contributed by atoms with van der Waals surface area (Å²) in [4.78, 5) is 12.6. The van der Waals surface area contributed by atoms with Gasteiger partial charge in [0.15, 0.2) is 0 Å². The van der Waals surface area contributed by atoms with E-state index in [1.165, 1.54) is 51.4 Å². The molecule has 0 spiro atoms. The molecule has 0 aliphatic carbocycles. The molecule has 0 aliphatic rings. The van der Waals surface area contributed by atoms with Crippen LogP contribution in [0.25, 0.3) is 0 Å². The molecule has 0 aromatic rings. The zero-order chi connectivity index (χ0) is 29.0. The summed E-state index contributed by atoms with van der Waals surface area (Å²) < 4.78 is 0. The lowest BCUT2D eigenvalue weighted by Crippen LogP contribution is -2.38. The average Bonchev–Trinajstić information content (AvgIpc) is 2.72. The Kier molecular flexibility index (Phi) is 17.4. The number of ketones is 1. The van der Waals surface area contributed by atoms with Gasteiger partial charge < -0.3 is 0 Å². The van der Waals surface area contributed by atoms with Crippen LogP contribution in [-0.4, -0.2) is 5.78 Å². The first-order valence-corrected chi connectivity index (χ1v) is 15.8. The smallest absolute Gasteiger partial charge is 0.139 e. The van der Waals surface area contributed by atoms with E-state index in [-0.39, 0.29) is 5.41 Å². The highest BCUT2D eigenvalue weighted by Gasteiger charge is 2.38. The summed E-state index contributed by atoms with van der Waals surface area (Å²) in [6.45, 7) is 36.9. The van der Waals surface area contributed by atoms with Crippen LogP contribution < -0.4 is 0 Å². The summed E-state index contributed by atoms with van der Waals surface area (Å²) in [7, 11) is 0. The maximum atomic E-state index is 12.6. The highest BCUT2D eigenvalue weighted by molar-refractivity contribution is 5.84. The Hall–Kier alpha value is -0.330. The highest BCUT2D eigenvalue weighted by Crippen LogP contribution is 2.42. The molecule has 0 aromatic carbocycles. The van der Waals surface area contributed by atoms with Crippen LogP contribution in [0, 0.1) is 45.3 Å². The lowest BCUT2D eigenvalue weighted by Gasteiger charge is -2.39. The lowest BCUT2D eigenvalue weighted by molar-refractivity contribution is -0.133. The minimum atomic E-state index is -0.158. The third kappa shape index (κ3) is 13.0. The first kappa shape index (κ1) is 37.8. The van der Waals surface area contributed by atoms with E-state index in [4.69, 9.17) is 0 Å². The number of hydrogen-bond donors (Lipinski definition) is 0. The molecule has 0 radical (unpaired) electrons. The molecular weight excluding hydrogens is 436 g/mol. The minimum absolute atomic E-state index is 0.158. The predicted octanol–water partition coefficient (Wildman–Crippen LogP) is 12.2. The van der Waals surface area contributed by atoms with E-state index in [9.17, 15) is 4.79 Å². The second-order valence-electron chi connectivity index (χ2n) is 15.4. The fraction of sp³-hybridized carbons (Fsp3) is 0.971. The molecule has 0 aliphatic heterocycles. The van der Waals surface area contributed by atoms with Gasteiger partial charge in [-0.15, -0.1) is 0 Å². The summed E-state index contributed by atoms with van der Waals surface area (Å²) in [5.74, 6) is 2.88. The lowest BCUT2D eigenvalue weighted by atomic mass is 9.66. The van der Waals surface area contributed by atoms with Crippen molar-refractivity contribution in [3.8, 4) is 0 Å². The molecule has 1 nitrogen and oxygen atoms in total. The normalized spacial score (nSPS) is 13.6. The van der Waals surface area contributed by atoms with Crippen molar-refractivity contribution in [3.63, 3.8) is 0 Å². The molecule has 0 bridgehead atoms. The average molecular weight is 509 g/mol. The van der Waals surface area contributed by atoms with Crippen molar-refractivity contribution < 1.29 is 4.79 Å². The molecule has 0 saturated heterocycles. The van der Waals surface area contributed by atoms with Crippen molar-refractivity contribution in [1.82, 2.24) is 0 Å². The predicted molar refractivity (Wildman–Crippen MR) is 166 cm³/mol. The van der Waals surface area contributed by atoms with Crippen LogP contribution >= 0.6 is 0 Å². The maximum Gasteiger partial charge on any atom is 0.139 e. The van der Waals surface area contributed by atoms with Gasteiger partial charge >= 0.3 is 0 Å². The largest absolute Gasteiger partial charge is 0.299 e. The summed E-state index contributed by atoms with van der Waals surface area (Å²) in [5.41, 5.74) is 1.29. The number of hydrogen-bond acceptors (Lipinski definition) is 1. The van der Waals surface area contributed by atoms with Gasteiger partial charge in [0, 0.05) is 11.8 Å². The zero-order valence-corrected chi connectivity index (χ0v) is 28.3. The van der Waals surface area contributed by atoms with Crippen LogP contribution in [0.4, 0.5) is 0 Å². The van der Waals surface area contributed by atoms with Crippen molar-refractivity contribution in [2.24, 2.45) is 45.3 Å². The maximum absolute atomic E-state index is 12.6. The van der Waals surface area contributed by atoms with Crippen molar-refractivity contribution in [1.29, 1.82) is 0 Å². The Morgan fingerprint density at radius 2 is 0.889 bits per heavy atom. The fourth-order valence-corrected chi connectivity index (χ4v) is 6.10. The van der Waals surface area contributed by atoms with E-state index in [1.54, 1.807) is 0 Å². The first-order chi connectivity index (χ1) is 16.2. The van der Waals surface area contributed by atoms with Crippen LogP contribution in [0.1, 0.15) is 175 Å². The van der Waals surface area contributed by atoms with E-state index in [2.05, 4.69) is 111 Å². The van der Waals surface area contributed by atoms with Gasteiger partial charge in [-0.1, -0.05) is 130 Å². The van der Waals surface area contributed by atoms with Crippen LogP contribution in [0.3, 0.4) is 0 Å². The Morgan fingerprint density at radius 1 is 0.528 bits per heavy atom. The highest BCUT2D eigenvalue weighted by atomic mass is 16.1. The van der Waals surface area contributed by atoms with Gasteiger partial charge in [0.05, 0.1) is 0 Å². The topological polar surface area (TPSA) is 17.1 Å². The van der Waals surface area contributed by atoms with Crippen LogP contribution in [-0.2, 0) is 4.79 Å². The molecule has 0 unspecified atom stereocenters. The van der Waals surface area contributed by atoms with E-state index in [1.807, 2.05) is 0 Å². The molecule has 0 saturated carbocycles. The molecule has 0 aromatic heterocycles. The monoisotopic (exact) mass is 509 g/mol. The van der Waals surface area contributed by atoms with E-state index >= 15 is 0 Å². The third-order valence-electron chi connectivity index (χ3n) is 10.3. The second kappa shape index (κ2) is 16.6. The van der Waals surface area contributed by atoms with Crippen LogP contribution in [0.15, 0.2) is 0 Å². The Balaban J connectivity index is 0. The van der Waals surface area contributed by atoms with Crippen LogP contribution in [0.5, 0.6) is 0 Å². The molecule has 36 heavy (non-hydrogen) atoms. The van der Waals surface area contributed by atoms with E-state index < -0.39 is 0 Å². The van der Waals surface area contributed by atoms with Crippen LogP contribution in [0.2, 0.25) is 0 Å². The molecule has 218 valence electrons. The number of rotatable bonds is 17. The molecule has 0 rings (SSSR count). The van der Waals surface area contributed by atoms with Gasteiger partial charge in [0.25, 0.3) is 0 Å². The summed E-state index contributed by atoms with van der Waals surface area (Å²) >= 11 is 0. The van der Waals surface area contributed by atoms with E-state index in [0.717, 1.165) is 24.7 Å². The van der Waals surface area contributed by atoms with E-state index in [0.29, 0.717) is 33.9 Å². The molecule has 1 heteroatoms. The molecular formula is C35H72O. The van der Waals surface area contributed by atoms with Crippen molar-refractivity contribution >= 4 is 5.78 Å². The Morgan fingerprint density at radius 3 is 1.19 bits per heavy atom. The number of carbonyl (C=O) groups is 1. The first-order valence-electron chi connectivity index (χ1n) is 15.8. The summed E-state index contributed by atoms with van der Waals surface area (Å²) in [6, 6.07) is 0. The van der Waals surface area contributed by atoms with Crippen molar-refractivity contribution in [3.05, 3.63) is 0 Å². The second-order valence-corrected chi connectivity index (χ2v) is 15.4. The molecule has 0 N–H and O–H groups in total. The van der Waals surface area contributed by atoms with Gasteiger partial charge in [-0.2, -0.15) is 0 Å². The molecule has 0 atom stereocenters. The quantitative estimate of drug-likeness (QED) is 0.191. The Labute approximate surface area is 230 Å². The Bertz CT molecular complexity index is 559. The van der Waals surface area contributed by atoms with Crippen molar-refractivity contribution in [2.75, 3.05) is 0 Å². The summed E-state index contributed by atoms with van der Waals surface area (Å²) in [6.07, 6.45) is 12.3.